The molecule has 2 heterocycles. The van der Waals surface area contributed by atoms with E-state index in [2.05, 4.69) is 10.3 Å². The fourth-order valence-electron chi connectivity index (χ4n) is 2.29. The molecular weight excluding hydrogens is 278 g/mol. The highest BCUT2D eigenvalue weighted by Crippen LogP contribution is 2.30. The smallest absolute Gasteiger partial charge is 0.225 e. The number of amides is 1. The van der Waals surface area contributed by atoms with Gasteiger partial charge in [-0.15, -0.1) is 0 Å². The van der Waals surface area contributed by atoms with Gasteiger partial charge in [-0.05, 0) is 36.4 Å². The normalized spacial score (nSPS) is 10.6. The highest BCUT2D eigenvalue weighted by Gasteiger charge is 2.15. The lowest BCUT2D eigenvalue weighted by Crippen LogP contribution is -2.12. The first-order valence-electron chi connectivity index (χ1n) is 7.14. The van der Waals surface area contributed by atoms with Crippen LogP contribution in [-0.2, 0) is 4.79 Å². The van der Waals surface area contributed by atoms with Gasteiger partial charge in [-0.25, -0.2) is 4.98 Å². The van der Waals surface area contributed by atoms with Gasteiger partial charge in [0.05, 0.1) is 7.11 Å². The molecule has 1 aromatic carbocycles. The number of carbonyl (C=O) groups excluding carboxylic acids is 1. The van der Waals surface area contributed by atoms with Crippen LogP contribution in [0.25, 0.3) is 16.9 Å². The summed E-state index contributed by atoms with van der Waals surface area (Å²) in [6.45, 7) is 1.83. The number of benzene rings is 1. The summed E-state index contributed by atoms with van der Waals surface area (Å²) >= 11 is 0. The van der Waals surface area contributed by atoms with Crippen molar-refractivity contribution in [1.82, 2.24) is 9.38 Å². The number of hydrogen-bond donors (Lipinski definition) is 1. The second-order valence-corrected chi connectivity index (χ2v) is 4.87. The minimum atomic E-state index is -0.0413. The zero-order chi connectivity index (χ0) is 15.5. The van der Waals surface area contributed by atoms with Crippen molar-refractivity contribution < 1.29 is 9.53 Å². The Morgan fingerprint density at radius 1 is 1.23 bits per heavy atom. The van der Waals surface area contributed by atoms with Gasteiger partial charge in [-0.2, -0.15) is 0 Å². The number of nitrogens with one attached hydrogen (secondary N) is 1. The van der Waals surface area contributed by atoms with Gasteiger partial charge < -0.3 is 10.1 Å². The molecule has 2 aromatic heterocycles. The number of hydrogen-bond acceptors (Lipinski definition) is 3. The minimum Gasteiger partial charge on any atom is -0.497 e. The topological polar surface area (TPSA) is 55.6 Å². The lowest BCUT2D eigenvalue weighted by atomic mass is 10.1. The summed E-state index contributed by atoms with van der Waals surface area (Å²) in [5, 5.41) is 2.94. The first-order chi connectivity index (χ1) is 10.7. The summed E-state index contributed by atoms with van der Waals surface area (Å²) in [7, 11) is 1.63. The summed E-state index contributed by atoms with van der Waals surface area (Å²) in [5.74, 6) is 1.43. The first kappa shape index (κ1) is 14.1. The molecule has 0 aliphatic rings. The Morgan fingerprint density at radius 3 is 2.68 bits per heavy atom. The van der Waals surface area contributed by atoms with Crippen LogP contribution < -0.4 is 10.1 Å². The van der Waals surface area contributed by atoms with Crippen LogP contribution in [0.5, 0.6) is 5.75 Å². The van der Waals surface area contributed by atoms with Crippen molar-refractivity contribution in [3.05, 3.63) is 48.7 Å². The molecule has 1 amide bonds. The van der Waals surface area contributed by atoms with Gasteiger partial charge in [0.15, 0.2) is 0 Å². The third-order valence-electron chi connectivity index (χ3n) is 3.47. The number of fused-ring (bicyclic) bond motifs is 1. The van der Waals surface area contributed by atoms with Gasteiger partial charge in [-0.1, -0.05) is 13.0 Å². The predicted molar refractivity (Wildman–Crippen MR) is 86.1 cm³/mol. The number of carbonyl (C=O) groups is 1. The third kappa shape index (κ3) is 2.53. The Labute approximate surface area is 128 Å². The summed E-state index contributed by atoms with van der Waals surface area (Å²) in [6, 6.07) is 13.4. The van der Waals surface area contributed by atoms with Crippen molar-refractivity contribution in [2.75, 3.05) is 12.4 Å². The summed E-state index contributed by atoms with van der Waals surface area (Å²) in [5.41, 5.74) is 2.46. The second kappa shape index (κ2) is 5.89. The minimum absolute atomic E-state index is 0.0413. The number of imidazole rings is 1. The fraction of sp³-hybridized carbons (Fsp3) is 0.176. The van der Waals surface area contributed by atoms with Crippen molar-refractivity contribution in [2.24, 2.45) is 0 Å². The quantitative estimate of drug-likeness (QED) is 0.803. The standard InChI is InChI=1S/C17H17N3O2/c1-3-15(21)19-17-16(12-7-9-13(22-2)10-8-12)18-14-6-4-5-11-20(14)17/h4-11H,3H2,1-2H3,(H,19,21). The molecular formula is C17H17N3O2. The van der Waals surface area contributed by atoms with Crippen LogP contribution in [0.1, 0.15) is 13.3 Å². The Bertz CT molecular complexity index is 806. The van der Waals surface area contributed by atoms with E-state index in [4.69, 9.17) is 4.74 Å². The van der Waals surface area contributed by atoms with Crippen molar-refractivity contribution >= 4 is 17.4 Å². The fourth-order valence-corrected chi connectivity index (χ4v) is 2.29. The highest BCUT2D eigenvalue weighted by molar-refractivity contribution is 5.94. The van der Waals surface area contributed by atoms with Crippen LogP contribution in [0, 0.1) is 0 Å². The van der Waals surface area contributed by atoms with Crippen molar-refractivity contribution in [1.29, 1.82) is 0 Å². The number of nitrogens with zero attached hydrogens (tertiary/aromatic N) is 2. The van der Waals surface area contributed by atoms with E-state index >= 15 is 0 Å². The van der Waals surface area contributed by atoms with Crippen LogP contribution >= 0.6 is 0 Å². The average Bonchev–Trinajstić information content (AvgIpc) is 2.93. The lowest BCUT2D eigenvalue weighted by molar-refractivity contribution is -0.115. The lowest BCUT2D eigenvalue weighted by Gasteiger charge is -2.07. The molecule has 0 aliphatic carbocycles. The van der Waals surface area contributed by atoms with Gasteiger partial charge in [0.25, 0.3) is 0 Å². The Kier molecular flexibility index (Phi) is 3.78. The molecule has 0 fully saturated rings. The number of pyridine rings is 1. The van der Waals surface area contributed by atoms with E-state index in [1.807, 2.05) is 60.0 Å². The van der Waals surface area contributed by atoms with Crippen LogP contribution in [0.15, 0.2) is 48.7 Å². The van der Waals surface area contributed by atoms with Crippen molar-refractivity contribution in [3.63, 3.8) is 0 Å². The van der Waals surface area contributed by atoms with Crippen LogP contribution in [0.4, 0.5) is 5.82 Å². The number of aromatic nitrogens is 2. The maximum Gasteiger partial charge on any atom is 0.225 e. The molecule has 5 heteroatoms. The van der Waals surface area contributed by atoms with Crippen LogP contribution in [-0.4, -0.2) is 22.4 Å². The van der Waals surface area contributed by atoms with Gasteiger partial charge >= 0.3 is 0 Å². The highest BCUT2D eigenvalue weighted by atomic mass is 16.5. The molecule has 0 radical (unpaired) electrons. The molecule has 1 N–H and O–H groups in total. The molecule has 0 aliphatic heterocycles. The molecule has 0 unspecified atom stereocenters. The van der Waals surface area contributed by atoms with Crippen LogP contribution in [0.3, 0.4) is 0 Å². The predicted octanol–water partition coefficient (Wildman–Crippen LogP) is 3.36. The monoisotopic (exact) mass is 295 g/mol. The van der Waals surface area contributed by atoms with E-state index < -0.39 is 0 Å². The molecule has 0 atom stereocenters. The molecule has 0 saturated carbocycles. The maximum atomic E-state index is 11.8. The van der Waals surface area contributed by atoms with E-state index in [0.717, 1.165) is 22.7 Å². The van der Waals surface area contributed by atoms with Gasteiger partial charge in [0.1, 0.15) is 22.9 Å². The van der Waals surface area contributed by atoms with E-state index in [0.29, 0.717) is 12.2 Å². The number of anilines is 1. The first-order valence-corrected chi connectivity index (χ1v) is 7.14. The SMILES string of the molecule is CCC(=O)Nc1c(-c2ccc(OC)cc2)nc2ccccn12. The van der Waals surface area contributed by atoms with Crippen molar-refractivity contribution in [2.45, 2.75) is 13.3 Å². The number of ether oxygens (including phenoxy) is 1. The molecule has 3 rings (SSSR count). The maximum absolute atomic E-state index is 11.8. The summed E-state index contributed by atoms with van der Waals surface area (Å²) < 4.78 is 7.06. The van der Waals surface area contributed by atoms with E-state index in [-0.39, 0.29) is 5.91 Å². The molecule has 5 nitrogen and oxygen atoms in total. The Hall–Kier alpha value is -2.82. The van der Waals surface area contributed by atoms with Crippen LogP contribution in [0.2, 0.25) is 0 Å². The largest absolute Gasteiger partial charge is 0.497 e. The second-order valence-electron chi connectivity index (χ2n) is 4.87. The number of rotatable bonds is 4. The van der Waals surface area contributed by atoms with Gasteiger partial charge in [0.2, 0.25) is 5.91 Å². The summed E-state index contributed by atoms with van der Waals surface area (Å²) in [6.07, 6.45) is 2.31. The molecule has 0 saturated heterocycles. The van der Waals surface area contributed by atoms with Gasteiger partial charge in [0, 0.05) is 18.2 Å². The van der Waals surface area contributed by atoms with E-state index in [1.54, 1.807) is 7.11 Å². The zero-order valence-corrected chi connectivity index (χ0v) is 12.5. The average molecular weight is 295 g/mol. The molecule has 0 spiro atoms. The number of methoxy groups -OCH3 is 1. The van der Waals surface area contributed by atoms with Crippen molar-refractivity contribution in [3.8, 4) is 17.0 Å². The molecule has 112 valence electrons. The Balaban J connectivity index is 2.14. The molecule has 0 bridgehead atoms. The third-order valence-corrected chi connectivity index (χ3v) is 3.47. The van der Waals surface area contributed by atoms with Gasteiger partial charge in [-0.3, -0.25) is 9.20 Å². The molecule has 22 heavy (non-hydrogen) atoms. The van der Waals surface area contributed by atoms with E-state index in [1.165, 1.54) is 0 Å². The summed E-state index contributed by atoms with van der Waals surface area (Å²) in [4.78, 5) is 16.5. The Morgan fingerprint density at radius 2 is 2.00 bits per heavy atom. The van der Waals surface area contributed by atoms with E-state index in [9.17, 15) is 4.79 Å². The zero-order valence-electron chi connectivity index (χ0n) is 12.5. The molecule has 3 aromatic rings.